The molecule has 0 fully saturated rings. The zero-order valence-electron chi connectivity index (χ0n) is 31.6. The van der Waals surface area contributed by atoms with Gasteiger partial charge in [0, 0.05) is 60.8 Å². The van der Waals surface area contributed by atoms with Crippen LogP contribution in [-0.2, 0) is 0 Å². The molecule has 0 bridgehead atoms. The molecule has 1 unspecified atom stereocenters. The van der Waals surface area contributed by atoms with E-state index < -0.39 is 0 Å². The molecule has 3 heterocycles. The second kappa shape index (κ2) is 13.9. The van der Waals surface area contributed by atoms with E-state index in [2.05, 4.69) is 214 Å². The van der Waals surface area contributed by atoms with Crippen LogP contribution < -0.4 is 5.32 Å². The number of aromatic nitrogens is 2. The monoisotopic (exact) mass is 731 g/mol. The van der Waals surface area contributed by atoms with E-state index in [1.54, 1.807) is 0 Å². The van der Waals surface area contributed by atoms with E-state index in [0.29, 0.717) is 6.04 Å². The highest BCUT2D eigenvalue weighted by atomic mass is 15.0. The maximum absolute atomic E-state index is 3.83. The molecule has 3 heteroatoms. The Balaban J connectivity index is 0.000000165. The predicted molar refractivity (Wildman–Crippen MR) is 243 cm³/mol. The minimum absolute atomic E-state index is 0.606. The summed E-state index contributed by atoms with van der Waals surface area (Å²) in [7, 11) is 0. The molecular weight excluding hydrogens is 691 g/mol. The Morgan fingerprint density at radius 2 is 0.947 bits per heavy atom. The van der Waals surface area contributed by atoms with Gasteiger partial charge < -0.3 is 14.3 Å². The van der Waals surface area contributed by atoms with E-state index in [4.69, 9.17) is 0 Å². The summed E-state index contributed by atoms with van der Waals surface area (Å²) in [5, 5.41) is 11.7. The Kier molecular flexibility index (Phi) is 8.10. The van der Waals surface area contributed by atoms with Crippen LogP contribution in [0.3, 0.4) is 0 Å². The van der Waals surface area contributed by atoms with Crippen LogP contribution >= 0.6 is 0 Å². The van der Waals surface area contributed by atoms with Gasteiger partial charge in [-0.3, -0.25) is 0 Å². The van der Waals surface area contributed by atoms with Crippen LogP contribution in [0.4, 0.5) is 11.4 Å². The van der Waals surface area contributed by atoms with Crippen LogP contribution in [0, 0.1) is 0 Å². The third-order valence-corrected chi connectivity index (χ3v) is 11.9. The summed E-state index contributed by atoms with van der Waals surface area (Å²) in [6.45, 7) is 0. The highest BCUT2D eigenvalue weighted by Gasteiger charge is 2.20. The SMILES string of the molecule is C1=CCC(n2c3ccccc3c3ccccc32)CC1.c1ccc(-c2cc(Nc3cccc4c3c3cccc5c6ccccc6n4c53)cc(-c3ccccc3)c2)cc1. The predicted octanol–water partition coefficient (Wildman–Crippen LogP) is 15.0. The smallest absolute Gasteiger partial charge is 0.0621 e. The largest absolute Gasteiger partial charge is 0.355 e. The quantitative estimate of drug-likeness (QED) is 0.175. The average Bonchev–Trinajstić information content (AvgIpc) is 3.93. The maximum Gasteiger partial charge on any atom is 0.0621 e. The van der Waals surface area contributed by atoms with E-state index in [0.717, 1.165) is 17.8 Å². The topological polar surface area (TPSA) is 21.4 Å². The van der Waals surface area contributed by atoms with Gasteiger partial charge in [-0.05, 0) is 90.0 Å². The van der Waals surface area contributed by atoms with Crippen LogP contribution in [0.2, 0.25) is 0 Å². The Bertz CT molecular complexity index is 3130. The van der Waals surface area contributed by atoms with Gasteiger partial charge in [-0.25, -0.2) is 0 Å². The summed E-state index contributed by atoms with van der Waals surface area (Å²) in [6, 6.07) is 68.2. The van der Waals surface area contributed by atoms with Gasteiger partial charge in [0.2, 0.25) is 0 Å². The molecule has 0 aliphatic heterocycles. The number of hydrogen-bond donors (Lipinski definition) is 1. The first-order chi connectivity index (χ1) is 28.3. The molecule has 1 atom stereocenters. The molecule has 8 aromatic carbocycles. The molecule has 0 radical (unpaired) electrons. The van der Waals surface area contributed by atoms with Crippen molar-refractivity contribution in [1.82, 2.24) is 8.97 Å². The zero-order valence-corrected chi connectivity index (χ0v) is 31.6. The van der Waals surface area contributed by atoms with Crippen LogP contribution in [0.1, 0.15) is 25.3 Å². The van der Waals surface area contributed by atoms with Crippen molar-refractivity contribution < 1.29 is 0 Å². The molecule has 11 aromatic rings. The molecule has 272 valence electrons. The number of rotatable bonds is 5. The van der Waals surface area contributed by atoms with Crippen molar-refractivity contribution >= 4 is 71.3 Å². The minimum Gasteiger partial charge on any atom is -0.355 e. The standard InChI is InChI=1S/C36H24N2.C18H17N/c1-3-11-24(12-4-1)26-21-27(25-13-5-2-6-14-25)23-28(22-26)37-32-18-10-20-34-35(32)31-17-9-16-30-29-15-7-8-19-33(29)38(34)36(30)31;1-2-8-14(9-3-1)19-17-12-6-4-10-15(17)16-11-5-7-13-18(16)19/h1-23,37H;1-2,4-7,10-14H,3,8-9H2. The highest BCUT2D eigenvalue weighted by molar-refractivity contribution is 6.25. The number of nitrogens with zero attached hydrogens (tertiary/aromatic N) is 2. The van der Waals surface area contributed by atoms with Gasteiger partial charge in [0.1, 0.15) is 0 Å². The molecule has 0 spiro atoms. The van der Waals surface area contributed by atoms with Crippen molar-refractivity contribution in [2.75, 3.05) is 5.32 Å². The molecule has 3 aromatic heterocycles. The van der Waals surface area contributed by atoms with Gasteiger partial charge in [-0.15, -0.1) is 0 Å². The van der Waals surface area contributed by atoms with E-state index in [1.165, 1.54) is 95.0 Å². The number of para-hydroxylation sites is 4. The summed E-state index contributed by atoms with van der Waals surface area (Å²) in [4.78, 5) is 0. The van der Waals surface area contributed by atoms with E-state index in [9.17, 15) is 0 Å². The van der Waals surface area contributed by atoms with Gasteiger partial charge in [0.25, 0.3) is 0 Å². The average molecular weight is 732 g/mol. The minimum atomic E-state index is 0.606. The van der Waals surface area contributed by atoms with Crippen molar-refractivity contribution in [2.45, 2.75) is 25.3 Å². The second-order valence-electron chi connectivity index (χ2n) is 15.3. The molecule has 3 nitrogen and oxygen atoms in total. The fraction of sp³-hybridized carbons (Fsp3) is 0.0741. The molecule has 1 aliphatic rings. The lowest BCUT2D eigenvalue weighted by Crippen LogP contribution is -2.09. The van der Waals surface area contributed by atoms with E-state index >= 15 is 0 Å². The molecule has 0 saturated carbocycles. The van der Waals surface area contributed by atoms with Crippen molar-refractivity contribution in [3.63, 3.8) is 0 Å². The summed E-state index contributed by atoms with van der Waals surface area (Å²) in [6.07, 6.45) is 8.25. The fourth-order valence-electron chi connectivity index (χ4n) is 9.39. The van der Waals surface area contributed by atoms with Crippen molar-refractivity contribution in [2.24, 2.45) is 0 Å². The van der Waals surface area contributed by atoms with Crippen LogP contribution in [-0.4, -0.2) is 8.97 Å². The number of benzene rings is 8. The molecule has 0 saturated heterocycles. The Morgan fingerprint density at radius 1 is 0.421 bits per heavy atom. The van der Waals surface area contributed by atoms with Gasteiger partial charge in [0.05, 0.1) is 16.6 Å². The Morgan fingerprint density at radius 3 is 1.58 bits per heavy atom. The number of anilines is 2. The molecule has 1 N–H and O–H groups in total. The number of hydrogen-bond acceptors (Lipinski definition) is 1. The van der Waals surface area contributed by atoms with Gasteiger partial charge in [-0.2, -0.15) is 0 Å². The van der Waals surface area contributed by atoms with Gasteiger partial charge >= 0.3 is 0 Å². The van der Waals surface area contributed by atoms with Crippen LogP contribution in [0.15, 0.2) is 200 Å². The lowest BCUT2D eigenvalue weighted by molar-refractivity contribution is 0.485. The number of nitrogens with one attached hydrogen (secondary N) is 1. The van der Waals surface area contributed by atoms with E-state index in [1.807, 2.05) is 0 Å². The lowest BCUT2D eigenvalue weighted by Gasteiger charge is -2.22. The molecular formula is C54H41N3. The summed E-state index contributed by atoms with van der Waals surface area (Å²) in [5.74, 6) is 0. The Labute approximate surface area is 332 Å². The molecule has 57 heavy (non-hydrogen) atoms. The van der Waals surface area contributed by atoms with Crippen molar-refractivity contribution in [3.05, 3.63) is 200 Å². The highest BCUT2D eigenvalue weighted by Crippen LogP contribution is 2.43. The van der Waals surface area contributed by atoms with Crippen LogP contribution in [0.25, 0.3) is 82.2 Å². The summed E-state index contributed by atoms with van der Waals surface area (Å²) >= 11 is 0. The second-order valence-corrected chi connectivity index (χ2v) is 15.3. The lowest BCUT2D eigenvalue weighted by atomic mass is 9.98. The van der Waals surface area contributed by atoms with Crippen LogP contribution in [0.5, 0.6) is 0 Å². The summed E-state index contributed by atoms with van der Waals surface area (Å²) < 4.78 is 4.98. The van der Waals surface area contributed by atoms with Gasteiger partial charge in [0.15, 0.2) is 0 Å². The normalized spacial score (nSPS) is 14.2. The number of allylic oxidation sites excluding steroid dienone is 2. The number of fused-ring (bicyclic) bond motifs is 9. The van der Waals surface area contributed by atoms with Gasteiger partial charge in [-0.1, -0.05) is 152 Å². The molecule has 1 aliphatic carbocycles. The first kappa shape index (κ1) is 33.3. The first-order valence-corrected chi connectivity index (χ1v) is 20.1. The third kappa shape index (κ3) is 5.66. The first-order valence-electron chi connectivity index (χ1n) is 20.1. The molecule has 12 rings (SSSR count). The summed E-state index contributed by atoms with van der Waals surface area (Å²) in [5.41, 5.74) is 13.5. The van der Waals surface area contributed by atoms with E-state index in [-0.39, 0.29) is 0 Å². The fourth-order valence-corrected chi connectivity index (χ4v) is 9.39. The van der Waals surface area contributed by atoms with Crippen molar-refractivity contribution in [1.29, 1.82) is 0 Å². The van der Waals surface area contributed by atoms with Crippen molar-refractivity contribution in [3.8, 4) is 22.3 Å². The molecule has 0 amide bonds. The maximum atomic E-state index is 3.83. The Hall–Kier alpha value is -7.10. The third-order valence-electron chi connectivity index (χ3n) is 11.9. The zero-order chi connectivity index (χ0) is 37.7.